The molecule has 11 heteroatoms. The third-order valence-electron chi connectivity index (χ3n) is 5.35. The maximum absolute atomic E-state index is 12.7. The lowest BCUT2D eigenvalue weighted by atomic mass is 10.1. The fourth-order valence-corrected chi connectivity index (χ4v) is 3.95. The first-order valence-corrected chi connectivity index (χ1v) is 10.2. The van der Waals surface area contributed by atoms with Gasteiger partial charge in [-0.15, -0.1) is 0 Å². The molecule has 0 amide bonds. The highest BCUT2D eigenvalue weighted by atomic mass is 35.5. The van der Waals surface area contributed by atoms with Gasteiger partial charge in [-0.3, -0.25) is 4.79 Å². The van der Waals surface area contributed by atoms with E-state index in [0.717, 1.165) is 46.8 Å². The van der Waals surface area contributed by atoms with Crippen LogP contribution in [0.5, 0.6) is 11.5 Å². The number of pyridine rings is 1. The predicted molar refractivity (Wildman–Crippen MR) is 112 cm³/mol. The zero-order chi connectivity index (χ0) is 23.3. The van der Waals surface area contributed by atoms with Crippen LogP contribution in [0.2, 0.25) is 5.02 Å². The summed E-state index contributed by atoms with van der Waals surface area (Å²) >= 11 is 6.14. The molecule has 7 nitrogen and oxygen atoms in total. The molecule has 4 aromatic rings. The van der Waals surface area contributed by atoms with Crippen molar-refractivity contribution in [2.45, 2.75) is 25.4 Å². The Morgan fingerprint density at radius 2 is 1.85 bits per heavy atom. The Kier molecular flexibility index (Phi) is 4.97. The fraction of sp³-hybridized carbons (Fsp3) is 0.182. The number of aryl methyl sites for hydroxylation is 1. The van der Waals surface area contributed by atoms with Crippen molar-refractivity contribution in [2.24, 2.45) is 0 Å². The van der Waals surface area contributed by atoms with Gasteiger partial charge in [0.05, 0.1) is 11.8 Å². The molecule has 0 aliphatic heterocycles. The lowest BCUT2D eigenvalue weighted by Crippen LogP contribution is -2.23. The van der Waals surface area contributed by atoms with Gasteiger partial charge in [0, 0.05) is 23.2 Å². The van der Waals surface area contributed by atoms with E-state index < -0.39 is 17.3 Å². The SMILES string of the molecule is O=c1oc2cc(Oc3cnn(-c4ccc(C(F)(F)F)cn4)c(=O)c3Cl)ccc2c2c1CCC2. The van der Waals surface area contributed by atoms with Crippen LogP contribution in [-0.4, -0.2) is 14.8 Å². The number of hydrogen-bond acceptors (Lipinski definition) is 6. The number of fused-ring (bicyclic) bond motifs is 3. The van der Waals surface area contributed by atoms with Crippen LogP contribution in [0.4, 0.5) is 13.2 Å². The molecule has 1 aliphatic carbocycles. The number of aromatic nitrogens is 3. The molecule has 0 bridgehead atoms. The molecule has 0 saturated heterocycles. The molecular formula is C22H13ClF3N3O4. The van der Waals surface area contributed by atoms with Crippen LogP contribution >= 0.6 is 11.6 Å². The lowest BCUT2D eigenvalue weighted by molar-refractivity contribution is -0.137. The van der Waals surface area contributed by atoms with Crippen molar-refractivity contribution < 1.29 is 22.3 Å². The van der Waals surface area contributed by atoms with Gasteiger partial charge in [-0.25, -0.2) is 9.78 Å². The topological polar surface area (TPSA) is 87.2 Å². The molecule has 0 atom stereocenters. The van der Waals surface area contributed by atoms with Crippen LogP contribution < -0.4 is 15.9 Å². The van der Waals surface area contributed by atoms with Crippen LogP contribution in [0.15, 0.2) is 56.7 Å². The summed E-state index contributed by atoms with van der Waals surface area (Å²) in [5.74, 6) is 0.0487. The minimum Gasteiger partial charge on any atom is -0.454 e. The number of nitrogens with zero attached hydrogens (tertiary/aromatic N) is 3. The highest BCUT2D eigenvalue weighted by Crippen LogP contribution is 2.33. The normalized spacial score (nSPS) is 13.3. The molecule has 0 fully saturated rings. The Hall–Kier alpha value is -3.66. The first-order chi connectivity index (χ1) is 15.7. The van der Waals surface area contributed by atoms with E-state index in [9.17, 15) is 22.8 Å². The van der Waals surface area contributed by atoms with Crippen LogP contribution in [0.3, 0.4) is 0 Å². The zero-order valence-electron chi connectivity index (χ0n) is 16.6. The summed E-state index contributed by atoms with van der Waals surface area (Å²) in [6.45, 7) is 0. The first-order valence-electron chi connectivity index (χ1n) is 9.80. The van der Waals surface area contributed by atoms with Gasteiger partial charge in [0.2, 0.25) is 0 Å². The Labute approximate surface area is 188 Å². The van der Waals surface area contributed by atoms with Gasteiger partial charge >= 0.3 is 11.8 Å². The quantitative estimate of drug-likeness (QED) is 0.400. The van der Waals surface area contributed by atoms with Gasteiger partial charge in [-0.05, 0) is 49.1 Å². The standard InChI is InChI=1S/C22H13ClF3N3O4/c23-19-17(10-28-29(20(19)30)18-7-4-11(9-27-18)22(24,25)26)32-12-5-6-14-13-2-1-3-15(13)21(31)33-16(14)8-12/h4-10H,1-3H2. The minimum absolute atomic E-state index is 0.0762. The number of halogens is 4. The van der Waals surface area contributed by atoms with Crippen molar-refractivity contribution >= 4 is 22.6 Å². The van der Waals surface area contributed by atoms with Crippen molar-refractivity contribution in [1.82, 2.24) is 14.8 Å². The van der Waals surface area contributed by atoms with Crippen molar-refractivity contribution in [1.29, 1.82) is 0 Å². The van der Waals surface area contributed by atoms with Gasteiger partial charge in [0.1, 0.15) is 11.3 Å². The van der Waals surface area contributed by atoms with Crippen molar-refractivity contribution in [3.8, 4) is 17.3 Å². The average molecular weight is 476 g/mol. The van der Waals surface area contributed by atoms with Crippen LogP contribution in [-0.2, 0) is 19.0 Å². The molecule has 3 heterocycles. The largest absolute Gasteiger partial charge is 0.454 e. The summed E-state index contributed by atoms with van der Waals surface area (Å²) in [6, 6.07) is 6.74. The third kappa shape index (κ3) is 3.76. The molecule has 0 spiro atoms. The summed E-state index contributed by atoms with van der Waals surface area (Å²) in [5.41, 5.74) is -0.142. The number of ether oxygens (including phenoxy) is 1. The molecule has 5 rings (SSSR count). The maximum Gasteiger partial charge on any atom is 0.417 e. The first kappa shape index (κ1) is 21.2. The van der Waals surface area contributed by atoms with Gasteiger partial charge in [-0.2, -0.15) is 23.0 Å². The molecule has 0 radical (unpaired) electrons. The minimum atomic E-state index is -4.56. The van der Waals surface area contributed by atoms with Crippen molar-refractivity contribution in [3.63, 3.8) is 0 Å². The fourth-order valence-electron chi connectivity index (χ4n) is 3.79. The molecule has 1 aromatic carbocycles. The number of benzene rings is 1. The summed E-state index contributed by atoms with van der Waals surface area (Å²) in [5, 5.41) is 4.38. The smallest absolute Gasteiger partial charge is 0.417 e. The monoisotopic (exact) mass is 475 g/mol. The van der Waals surface area contributed by atoms with Crippen LogP contribution in [0, 0.1) is 0 Å². The van der Waals surface area contributed by atoms with E-state index in [4.69, 9.17) is 20.8 Å². The van der Waals surface area contributed by atoms with E-state index in [0.29, 0.717) is 23.8 Å². The maximum atomic E-state index is 12.7. The Morgan fingerprint density at radius 3 is 2.58 bits per heavy atom. The van der Waals surface area contributed by atoms with Crippen molar-refractivity contribution in [3.05, 3.63) is 85.2 Å². The summed E-state index contributed by atoms with van der Waals surface area (Å²) in [4.78, 5) is 28.4. The van der Waals surface area contributed by atoms with Gasteiger partial charge in [0.25, 0.3) is 5.56 Å². The van der Waals surface area contributed by atoms with Crippen LogP contribution in [0.25, 0.3) is 16.8 Å². The Bertz CT molecular complexity index is 1510. The molecule has 168 valence electrons. The second-order valence-electron chi connectivity index (χ2n) is 7.40. The van der Waals surface area contributed by atoms with E-state index >= 15 is 0 Å². The Morgan fingerprint density at radius 1 is 1.06 bits per heavy atom. The molecule has 0 saturated carbocycles. The number of alkyl halides is 3. The van der Waals surface area contributed by atoms with Crippen molar-refractivity contribution in [2.75, 3.05) is 0 Å². The summed E-state index contributed by atoms with van der Waals surface area (Å²) < 4.78 is 50.0. The third-order valence-corrected chi connectivity index (χ3v) is 5.70. The molecular weight excluding hydrogens is 463 g/mol. The predicted octanol–water partition coefficient (Wildman–Crippen LogP) is 4.69. The van der Waals surface area contributed by atoms with E-state index in [-0.39, 0.29) is 28.0 Å². The highest BCUT2D eigenvalue weighted by Gasteiger charge is 2.31. The Balaban J connectivity index is 1.47. The van der Waals surface area contributed by atoms with E-state index in [1.807, 2.05) is 0 Å². The second kappa shape index (κ2) is 7.73. The zero-order valence-corrected chi connectivity index (χ0v) is 17.4. The average Bonchev–Trinajstić information content (AvgIpc) is 3.27. The molecule has 1 aliphatic rings. The lowest BCUT2D eigenvalue weighted by Gasteiger charge is -2.11. The number of hydrogen-bond donors (Lipinski definition) is 0. The van der Waals surface area contributed by atoms with E-state index in [2.05, 4.69) is 10.1 Å². The molecule has 3 aromatic heterocycles. The van der Waals surface area contributed by atoms with Gasteiger partial charge in [0.15, 0.2) is 16.6 Å². The molecule has 33 heavy (non-hydrogen) atoms. The van der Waals surface area contributed by atoms with Gasteiger partial charge in [-0.1, -0.05) is 11.6 Å². The van der Waals surface area contributed by atoms with Gasteiger partial charge < -0.3 is 9.15 Å². The summed E-state index contributed by atoms with van der Waals surface area (Å²) in [7, 11) is 0. The van der Waals surface area contributed by atoms with E-state index in [1.54, 1.807) is 12.1 Å². The summed E-state index contributed by atoms with van der Waals surface area (Å²) in [6.07, 6.45) is -0.435. The number of rotatable bonds is 3. The van der Waals surface area contributed by atoms with E-state index in [1.165, 1.54) is 6.07 Å². The molecule has 0 unspecified atom stereocenters. The van der Waals surface area contributed by atoms with Crippen LogP contribution in [0.1, 0.15) is 23.1 Å². The molecule has 0 N–H and O–H groups in total. The second-order valence-corrected chi connectivity index (χ2v) is 7.78. The highest BCUT2D eigenvalue weighted by molar-refractivity contribution is 6.31.